The fourth-order valence-electron chi connectivity index (χ4n) is 4.27. The normalized spacial score (nSPS) is 19.4. The first kappa shape index (κ1) is 20.9. The average molecular weight is 424 g/mol. The molecule has 2 amide bonds. The number of benzene rings is 2. The maximum Gasteiger partial charge on any atom is 0.407 e. The highest BCUT2D eigenvalue weighted by Gasteiger charge is 2.38. The Morgan fingerprint density at radius 3 is 2.32 bits per heavy atom. The predicted octanol–water partition coefficient (Wildman–Crippen LogP) is 2.23. The fraction of sp³-hybridized carbons (Fsp3) is 0.348. The van der Waals surface area contributed by atoms with Gasteiger partial charge in [-0.15, -0.1) is 0 Å². The minimum Gasteiger partial charge on any atom is -0.480 e. The molecular weight excluding hydrogens is 400 g/mol. The van der Waals surface area contributed by atoms with E-state index < -0.39 is 36.7 Å². The summed E-state index contributed by atoms with van der Waals surface area (Å²) in [5.74, 6) is -1.66. The standard InChI is InChI=1S/C23H24N2O6/c1-25(12-20(26)27)22(28)21-19(10-11-30-21)24-23(29)31-13-18-16-8-4-2-6-14(16)15-7-3-5-9-17(15)18/h2-9,18-19,21H,10-13H2,1H3,(H,24,29)(H,26,27)/t19-,21+/m0/s1. The van der Waals surface area contributed by atoms with Gasteiger partial charge in [-0.2, -0.15) is 0 Å². The van der Waals surface area contributed by atoms with E-state index in [0.717, 1.165) is 27.2 Å². The van der Waals surface area contributed by atoms with Crippen LogP contribution in [0.2, 0.25) is 0 Å². The molecule has 2 atom stereocenters. The molecule has 0 saturated carbocycles. The smallest absolute Gasteiger partial charge is 0.407 e. The number of carbonyl (C=O) groups is 3. The molecule has 0 radical (unpaired) electrons. The highest BCUT2D eigenvalue weighted by molar-refractivity contribution is 5.86. The molecule has 4 rings (SSSR count). The van der Waals surface area contributed by atoms with Crippen LogP contribution in [0.5, 0.6) is 0 Å². The molecule has 1 saturated heterocycles. The van der Waals surface area contributed by atoms with E-state index in [4.69, 9.17) is 14.6 Å². The first-order valence-electron chi connectivity index (χ1n) is 10.2. The van der Waals surface area contributed by atoms with Crippen LogP contribution in [-0.4, -0.2) is 66.9 Å². The lowest BCUT2D eigenvalue weighted by Gasteiger charge is -2.24. The number of fused-ring (bicyclic) bond motifs is 3. The number of hydrogen-bond donors (Lipinski definition) is 2. The molecule has 8 nitrogen and oxygen atoms in total. The third-order valence-electron chi connectivity index (χ3n) is 5.73. The van der Waals surface area contributed by atoms with E-state index in [1.54, 1.807) is 0 Å². The number of likely N-dealkylation sites (N-methyl/N-ethyl adjacent to an activating group) is 1. The van der Waals surface area contributed by atoms with Crippen molar-refractivity contribution in [2.75, 3.05) is 26.8 Å². The van der Waals surface area contributed by atoms with Crippen LogP contribution < -0.4 is 5.32 Å². The Bertz CT molecular complexity index is 962. The number of alkyl carbamates (subject to hydrolysis) is 1. The maximum atomic E-state index is 12.5. The van der Waals surface area contributed by atoms with Gasteiger partial charge >= 0.3 is 12.1 Å². The zero-order valence-electron chi connectivity index (χ0n) is 17.1. The lowest BCUT2D eigenvalue weighted by Crippen LogP contribution is -2.49. The zero-order chi connectivity index (χ0) is 22.0. The van der Waals surface area contributed by atoms with Gasteiger partial charge in [-0.05, 0) is 28.7 Å². The number of nitrogens with zero attached hydrogens (tertiary/aromatic N) is 1. The van der Waals surface area contributed by atoms with E-state index in [9.17, 15) is 14.4 Å². The number of rotatable bonds is 6. The molecule has 1 aliphatic carbocycles. The quantitative estimate of drug-likeness (QED) is 0.737. The minimum atomic E-state index is -1.12. The van der Waals surface area contributed by atoms with Gasteiger partial charge in [0.2, 0.25) is 0 Å². The predicted molar refractivity (Wildman–Crippen MR) is 112 cm³/mol. The van der Waals surface area contributed by atoms with Gasteiger partial charge in [-0.1, -0.05) is 48.5 Å². The number of carboxylic acid groups (broad SMARTS) is 1. The molecule has 0 bridgehead atoms. The van der Waals surface area contributed by atoms with Crippen LogP contribution in [0.1, 0.15) is 23.5 Å². The van der Waals surface area contributed by atoms with Crippen LogP contribution in [0, 0.1) is 0 Å². The van der Waals surface area contributed by atoms with Gasteiger partial charge in [0.15, 0.2) is 6.10 Å². The molecule has 2 aromatic carbocycles. The number of carbonyl (C=O) groups excluding carboxylic acids is 2. The van der Waals surface area contributed by atoms with E-state index in [2.05, 4.69) is 17.4 Å². The summed E-state index contributed by atoms with van der Waals surface area (Å²) in [6.07, 6.45) is -1.11. The van der Waals surface area contributed by atoms with E-state index in [0.29, 0.717) is 13.0 Å². The van der Waals surface area contributed by atoms with E-state index >= 15 is 0 Å². The SMILES string of the molecule is CN(CC(=O)O)C(=O)[C@@H]1OCC[C@@H]1NC(=O)OCC1c2ccccc2-c2ccccc21. The number of aliphatic carboxylic acids is 1. The highest BCUT2D eigenvalue weighted by Crippen LogP contribution is 2.44. The molecule has 2 aliphatic rings. The van der Waals surface area contributed by atoms with Crippen molar-refractivity contribution in [2.45, 2.75) is 24.5 Å². The molecule has 8 heteroatoms. The second-order valence-corrected chi connectivity index (χ2v) is 7.74. The highest BCUT2D eigenvalue weighted by atomic mass is 16.6. The van der Waals surface area contributed by atoms with Crippen LogP contribution in [0.15, 0.2) is 48.5 Å². The summed E-state index contributed by atoms with van der Waals surface area (Å²) >= 11 is 0. The lowest BCUT2D eigenvalue weighted by molar-refractivity contribution is -0.148. The van der Waals surface area contributed by atoms with Crippen molar-refractivity contribution >= 4 is 18.0 Å². The Labute approximate surface area is 179 Å². The Balaban J connectivity index is 1.38. The minimum absolute atomic E-state index is 0.0582. The van der Waals surface area contributed by atoms with Gasteiger partial charge in [-0.25, -0.2) is 4.79 Å². The Morgan fingerprint density at radius 1 is 1.10 bits per heavy atom. The van der Waals surface area contributed by atoms with Crippen LogP contribution in [0.4, 0.5) is 4.79 Å². The summed E-state index contributed by atoms with van der Waals surface area (Å²) in [6.45, 7) is 0.0347. The molecule has 1 heterocycles. The first-order chi connectivity index (χ1) is 15.0. The first-order valence-corrected chi connectivity index (χ1v) is 10.2. The third-order valence-corrected chi connectivity index (χ3v) is 5.73. The molecule has 1 aliphatic heterocycles. The number of amides is 2. The topological polar surface area (TPSA) is 105 Å². The molecule has 0 spiro atoms. The van der Waals surface area contributed by atoms with Crippen molar-refractivity contribution in [3.8, 4) is 11.1 Å². The summed E-state index contributed by atoms with van der Waals surface area (Å²) < 4.78 is 11.0. The molecule has 0 unspecified atom stereocenters. The molecule has 1 fully saturated rings. The van der Waals surface area contributed by atoms with Crippen LogP contribution >= 0.6 is 0 Å². The van der Waals surface area contributed by atoms with Gasteiger partial charge in [-0.3, -0.25) is 9.59 Å². The van der Waals surface area contributed by atoms with Gasteiger partial charge in [0.25, 0.3) is 5.91 Å². The lowest BCUT2D eigenvalue weighted by atomic mass is 9.98. The van der Waals surface area contributed by atoms with Crippen LogP contribution in [0.25, 0.3) is 11.1 Å². The monoisotopic (exact) mass is 424 g/mol. The number of hydrogen-bond acceptors (Lipinski definition) is 5. The Hall–Kier alpha value is -3.39. The van der Waals surface area contributed by atoms with Gasteiger partial charge < -0.3 is 24.8 Å². The van der Waals surface area contributed by atoms with Crippen LogP contribution in [-0.2, 0) is 19.1 Å². The summed E-state index contributed by atoms with van der Waals surface area (Å²) in [4.78, 5) is 36.9. The van der Waals surface area contributed by atoms with E-state index in [1.807, 2.05) is 36.4 Å². The number of carboxylic acids is 1. The van der Waals surface area contributed by atoms with Crippen molar-refractivity contribution in [3.63, 3.8) is 0 Å². The molecule has 31 heavy (non-hydrogen) atoms. The summed E-state index contributed by atoms with van der Waals surface area (Å²) in [6, 6.07) is 15.6. The summed E-state index contributed by atoms with van der Waals surface area (Å²) in [5, 5.41) is 11.6. The van der Waals surface area contributed by atoms with Crippen LogP contribution in [0.3, 0.4) is 0 Å². The molecule has 2 aromatic rings. The van der Waals surface area contributed by atoms with E-state index in [-0.39, 0.29) is 12.5 Å². The maximum absolute atomic E-state index is 12.5. The molecule has 0 aromatic heterocycles. The molecule has 162 valence electrons. The Kier molecular flexibility index (Phi) is 5.90. The summed E-state index contributed by atoms with van der Waals surface area (Å²) in [7, 11) is 1.39. The third kappa shape index (κ3) is 4.25. The van der Waals surface area contributed by atoms with Crippen molar-refractivity contribution in [1.82, 2.24) is 10.2 Å². The van der Waals surface area contributed by atoms with Crippen molar-refractivity contribution in [1.29, 1.82) is 0 Å². The largest absolute Gasteiger partial charge is 0.480 e. The number of ether oxygens (including phenoxy) is 2. The van der Waals surface area contributed by atoms with E-state index in [1.165, 1.54) is 7.05 Å². The Morgan fingerprint density at radius 2 is 1.71 bits per heavy atom. The second-order valence-electron chi connectivity index (χ2n) is 7.74. The second kappa shape index (κ2) is 8.77. The molecule has 2 N–H and O–H groups in total. The fourth-order valence-corrected chi connectivity index (χ4v) is 4.27. The number of nitrogens with one attached hydrogen (secondary N) is 1. The van der Waals surface area contributed by atoms with Gasteiger partial charge in [0, 0.05) is 19.6 Å². The van der Waals surface area contributed by atoms with Crippen molar-refractivity contribution < 1.29 is 29.0 Å². The zero-order valence-corrected chi connectivity index (χ0v) is 17.1. The van der Waals surface area contributed by atoms with Gasteiger partial charge in [0.05, 0.1) is 6.04 Å². The molecular formula is C23H24N2O6. The summed E-state index contributed by atoms with van der Waals surface area (Å²) in [5.41, 5.74) is 4.51. The van der Waals surface area contributed by atoms with Crippen molar-refractivity contribution in [2.24, 2.45) is 0 Å². The van der Waals surface area contributed by atoms with Gasteiger partial charge in [0.1, 0.15) is 13.2 Å². The van der Waals surface area contributed by atoms with Crippen molar-refractivity contribution in [3.05, 3.63) is 59.7 Å². The average Bonchev–Trinajstić information content (AvgIpc) is 3.33.